The second-order valence-electron chi connectivity index (χ2n) is 6.32. The zero-order valence-electron chi connectivity index (χ0n) is 15.1. The molecule has 1 atom stereocenters. The fourth-order valence-corrected chi connectivity index (χ4v) is 2.99. The smallest absolute Gasteiger partial charge is 0.342 e. The van der Waals surface area contributed by atoms with Gasteiger partial charge in [-0.2, -0.15) is 0 Å². The van der Waals surface area contributed by atoms with Gasteiger partial charge in [0, 0.05) is 19.5 Å². The molecule has 7 heteroatoms. The number of esters is 1. The van der Waals surface area contributed by atoms with E-state index in [9.17, 15) is 19.8 Å². The fourth-order valence-electron chi connectivity index (χ4n) is 2.99. The highest BCUT2D eigenvalue weighted by molar-refractivity contribution is 5.94. The molecule has 2 rings (SSSR count). The van der Waals surface area contributed by atoms with Crippen LogP contribution in [0.3, 0.4) is 0 Å². The summed E-state index contributed by atoms with van der Waals surface area (Å²) in [5.41, 5.74) is 0.514. The molecule has 0 saturated carbocycles. The van der Waals surface area contributed by atoms with Crippen LogP contribution in [0.2, 0.25) is 0 Å². The number of benzene rings is 1. The minimum absolute atomic E-state index is 0.0462. The Bertz CT molecular complexity index is 685. The highest BCUT2D eigenvalue weighted by Gasteiger charge is 2.24. The second kappa shape index (κ2) is 9.24. The Morgan fingerprint density at radius 3 is 2.77 bits per heavy atom. The zero-order valence-corrected chi connectivity index (χ0v) is 15.1. The number of ether oxygens (including phenoxy) is 1. The first kappa shape index (κ1) is 19.8. The first-order chi connectivity index (χ1) is 12.4. The lowest BCUT2D eigenvalue weighted by Crippen LogP contribution is -2.28. The number of carbonyl (C=O) groups is 2. The lowest BCUT2D eigenvalue weighted by molar-refractivity contribution is -0.169. The van der Waals surface area contributed by atoms with Crippen LogP contribution in [-0.2, 0) is 20.8 Å². The number of aromatic hydroxyl groups is 2. The molecule has 1 aliphatic heterocycles. The van der Waals surface area contributed by atoms with Gasteiger partial charge in [0.05, 0.1) is 13.7 Å². The van der Waals surface area contributed by atoms with E-state index in [0.29, 0.717) is 18.4 Å². The normalized spacial score (nSPS) is 18.2. The Morgan fingerprint density at radius 2 is 2.04 bits per heavy atom. The standard InChI is InChI=1S/C19H25NO6/c1-20(25-2)17(23)10-13-7-5-3-4-6-8-26-19(24)18-14(9-13)11-15(21)12-16(18)22/h3-4,11-13,21-22H,5-10H2,1-2H3. The third-order valence-electron chi connectivity index (χ3n) is 4.41. The maximum Gasteiger partial charge on any atom is 0.342 e. The number of hydroxylamine groups is 2. The third kappa shape index (κ3) is 5.23. The highest BCUT2D eigenvalue weighted by Crippen LogP contribution is 2.31. The average Bonchev–Trinajstić information content (AvgIpc) is 2.58. The van der Waals surface area contributed by atoms with Crippen LogP contribution >= 0.6 is 0 Å². The lowest BCUT2D eigenvalue weighted by Gasteiger charge is -2.21. The molecule has 0 spiro atoms. The van der Waals surface area contributed by atoms with Gasteiger partial charge >= 0.3 is 5.97 Å². The van der Waals surface area contributed by atoms with Crippen molar-refractivity contribution < 1.29 is 29.4 Å². The average molecular weight is 363 g/mol. The number of hydrogen-bond donors (Lipinski definition) is 2. The first-order valence-electron chi connectivity index (χ1n) is 8.60. The van der Waals surface area contributed by atoms with Crippen molar-refractivity contribution in [2.24, 2.45) is 5.92 Å². The molecular formula is C19H25NO6. The molecule has 1 unspecified atom stereocenters. The number of phenolic OH excluding ortho intramolecular Hbond substituents is 2. The summed E-state index contributed by atoms with van der Waals surface area (Å²) in [4.78, 5) is 29.5. The van der Waals surface area contributed by atoms with Crippen molar-refractivity contribution in [1.29, 1.82) is 0 Å². The number of carbonyl (C=O) groups excluding carboxylic acids is 2. The van der Waals surface area contributed by atoms with E-state index in [0.717, 1.165) is 18.9 Å². The summed E-state index contributed by atoms with van der Waals surface area (Å²) >= 11 is 0. The van der Waals surface area contributed by atoms with Gasteiger partial charge in [-0.05, 0) is 43.2 Å². The van der Waals surface area contributed by atoms with Gasteiger partial charge in [0.1, 0.15) is 17.1 Å². The van der Waals surface area contributed by atoms with E-state index in [1.54, 1.807) is 7.05 Å². The third-order valence-corrected chi connectivity index (χ3v) is 4.41. The lowest BCUT2D eigenvalue weighted by atomic mass is 9.88. The van der Waals surface area contributed by atoms with Crippen LogP contribution in [0.4, 0.5) is 0 Å². The number of rotatable bonds is 3. The van der Waals surface area contributed by atoms with Crippen LogP contribution in [0, 0.1) is 5.92 Å². The minimum Gasteiger partial charge on any atom is -0.508 e. The molecule has 0 aliphatic carbocycles. The van der Waals surface area contributed by atoms with E-state index < -0.39 is 5.97 Å². The maximum absolute atomic E-state index is 12.4. The number of nitrogens with zero attached hydrogens (tertiary/aromatic N) is 1. The molecule has 1 aliphatic rings. The van der Waals surface area contributed by atoms with Crippen LogP contribution in [0.15, 0.2) is 24.3 Å². The molecule has 26 heavy (non-hydrogen) atoms. The Balaban J connectivity index is 2.34. The molecule has 0 fully saturated rings. The fraction of sp³-hybridized carbons (Fsp3) is 0.474. The molecule has 1 aromatic carbocycles. The largest absolute Gasteiger partial charge is 0.508 e. The van der Waals surface area contributed by atoms with Crippen molar-refractivity contribution in [3.8, 4) is 11.5 Å². The predicted octanol–water partition coefficient (Wildman–Crippen LogP) is 2.56. The van der Waals surface area contributed by atoms with Gasteiger partial charge < -0.3 is 14.9 Å². The van der Waals surface area contributed by atoms with Crippen molar-refractivity contribution in [3.63, 3.8) is 0 Å². The molecular weight excluding hydrogens is 338 g/mol. The van der Waals surface area contributed by atoms with Gasteiger partial charge in [-0.1, -0.05) is 12.2 Å². The van der Waals surface area contributed by atoms with Gasteiger partial charge in [0.25, 0.3) is 0 Å². The van der Waals surface area contributed by atoms with E-state index in [-0.39, 0.29) is 41.9 Å². The van der Waals surface area contributed by atoms with Gasteiger partial charge in [-0.15, -0.1) is 0 Å². The molecule has 142 valence electrons. The summed E-state index contributed by atoms with van der Waals surface area (Å²) < 4.78 is 5.21. The number of phenols is 2. The minimum atomic E-state index is -0.634. The molecule has 0 aromatic heterocycles. The van der Waals surface area contributed by atoms with Crippen LogP contribution in [0.5, 0.6) is 11.5 Å². The van der Waals surface area contributed by atoms with E-state index >= 15 is 0 Å². The molecule has 1 aromatic rings. The Morgan fingerprint density at radius 1 is 1.31 bits per heavy atom. The molecule has 0 radical (unpaired) electrons. The van der Waals surface area contributed by atoms with Gasteiger partial charge in [0.15, 0.2) is 0 Å². The van der Waals surface area contributed by atoms with Crippen LogP contribution < -0.4 is 0 Å². The molecule has 0 saturated heterocycles. The quantitative estimate of drug-likeness (QED) is 0.487. The van der Waals surface area contributed by atoms with E-state index in [2.05, 4.69) is 0 Å². The summed E-state index contributed by atoms with van der Waals surface area (Å²) in [6.45, 7) is 0.218. The second-order valence-corrected chi connectivity index (χ2v) is 6.32. The number of cyclic esters (lactones) is 1. The van der Waals surface area contributed by atoms with Crippen LogP contribution in [-0.4, -0.2) is 47.9 Å². The number of allylic oxidation sites excluding steroid dienone is 1. The van der Waals surface area contributed by atoms with E-state index in [1.807, 2.05) is 12.2 Å². The zero-order chi connectivity index (χ0) is 19.1. The topological polar surface area (TPSA) is 96.3 Å². The number of hydrogen-bond acceptors (Lipinski definition) is 6. The van der Waals surface area contributed by atoms with Crippen molar-refractivity contribution in [1.82, 2.24) is 5.06 Å². The SMILES string of the molecule is CON(C)C(=O)CC1CCC=CCCOC(=O)c2c(O)cc(O)cc2C1. The molecule has 2 N–H and O–H groups in total. The Hall–Kier alpha value is -2.54. The van der Waals surface area contributed by atoms with Crippen molar-refractivity contribution in [2.75, 3.05) is 20.8 Å². The van der Waals surface area contributed by atoms with Crippen molar-refractivity contribution >= 4 is 11.9 Å². The van der Waals surface area contributed by atoms with Crippen molar-refractivity contribution in [3.05, 3.63) is 35.4 Å². The molecule has 1 amide bonds. The maximum atomic E-state index is 12.4. The van der Waals surface area contributed by atoms with Gasteiger partial charge in [-0.25, -0.2) is 9.86 Å². The van der Waals surface area contributed by atoms with Gasteiger partial charge in [0.2, 0.25) is 5.91 Å². The predicted molar refractivity (Wildman–Crippen MR) is 94.6 cm³/mol. The Kier molecular flexibility index (Phi) is 7.03. The monoisotopic (exact) mass is 363 g/mol. The Labute approximate surface area is 152 Å². The number of amides is 1. The van der Waals surface area contributed by atoms with E-state index in [4.69, 9.17) is 9.57 Å². The highest BCUT2D eigenvalue weighted by atomic mass is 16.7. The van der Waals surface area contributed by atoms with Crippen LogP contribution in [0.1, 0.15) is 41.6 Å². The van der Waals surface area contributed by atoms with E-state index in [1.165, 1.54) is 18.2 Å². The molecule has 0 bridgehead atoms. The summed E-state index contributed by atoms with van der Waals surface area (Å²) in [5, 5.41) is 21.1. The summed E-state index contributed by atoms with van der Waals surface area (Å²) in [6, 6.07) is 2.56. The van der Waals surface area contributed by atoms with Crippen molar-refractivity contribution in [2.45, 2.75) is 32.1 Å². The van der Waals surface area contributed by atoms with Gasteiger partial charge in [-0.3, -0.25) is 9.63 Å². The first-order valence-corrected chi connectivity index (χ1v) is 8.60. The number of fused-ring (bicyclic) bond motifs is 1. The molecule has 1 heterocycles. The summed E-state index contributed by atoms with van der Waals surface area (Å²) in [7, 11) is 2.96. The van der Waals surface area contributed by atoms with Crippen LogP contribution in [0.25, 0.3) is 0 Å². The summed E-state index contributed by atoms with van der Waals surface area (Å²) in [6.07, 6.45) is 6.61. The summed E-state index contributed by atoms with van der Waals surface area (Å²) in [5.74, 6) is -1.36. The molecule has 7 nitrogen and oxygen atoms in total.